The molecule has 192 valence electrons. The van der Waals surface area contributed by atoms with Crippen LogP contribution in [0.5, 0.6) is 0 Å². The molecule has 0 aliphatic rings. The van der Waals surface area contributed by atoms with Crippen LogP contribution in [-0.4, -0.2) is 41.8 Å². The van der Waals surface area contributed by atoms with E-state index >= 15 is 0 Å². The Morgan fingerprint density at radius 2 is 1.58 bits per heavy atom. The average Bonchev–Trinajstić information content (AvgIpc) is 2.85. The van der Waals surface area contributed by atoms with Crippen molar-refractivity contribution in [3.8, 4) is 0 Å². The van der Waals surface area contributed by atoms with Gasteiger partial charge in [0.2, 0.25) is 5.91 Å². The minimum absolute atomic E-state index is 0.0712. The molecule has 2 aromatic carbocycles. The second-order valence-corrected chi connectivity index (χ2v) is 10.6. The Kier molecular flexibility index (Phi) is 8.13. The second-order valence-electron chi connectivity index (χ2n) is 8.49. The number of carbonyl (C=O) groups is 2. The lowest BCUT2D eigenvalue weighted by Gasteiger charge is -2.19. The fourth-order valence-corrected chi connectivity index (χ4v) is 5.06. The highest BCUT2D eigenvalue weighted by atomic mass is 32.2. The molecule has 0 saturated carbocycles. The maximum atomic E-state index is 13.0. The Labute approximate surface area is 208 Å². The Balaban J connectivity index is 1.78. The van der Waals surface area contributed by atoms with Crippen LogP contribution in [-0.2, 0) is 38.3 Å². The summed E-state index contributed by atoms with van der Waals surface area (Å²) in [5.74, 6) is -1.50. The van der Waals surface area contributed by atoms with Gasteiger partial charge in [-0.15, -0.1) is 0 Å². The van der Waals surface area contributed by atoms with E-state index in [1.807, 2.05) is 19.1 Å². The van der Waals surface area contributed by atoms with Crippen LogP contribution in [0, 0.1) is 6.92 Å². The summed E-state index contributed by atoms with van der Waals surface area (Å²) < 4.78 is 33.2. The molecule has 0 bridgehead atoms. The molecule has 1 aromatic heterocycles. The maximum Gasteiger partial charge on any atom is 0.316 e. The quantitative estimate of drug-likeness (QED) is 0.337. The van der Waals surface area contributed by atoms with Crippen molar-refractivity contribution in [3.05, 3.63) is 74.3 Å². The number of sulfone groups is 1. The Bertz CT molecular complexity index is 1520. The fourth-order valence-electron chi connectivity index (χ4n) is 3.80. The molecule has 3 rings (SSSR count). The number of rotatable bonds is 9. The first-order valence-corrected chi connectivity index (χ1v) is 13.0. The fraction of sp³-hybridized carbons (Fsp3) is 0.360. The summed E-state index contributed by atoms with van der Waals surface area (Å²) in [5, 5.41) is 2.74. The first-order valence-electron chi connectivity index (χ1n) is 11.4. The van der Waals surface area contributed by atoms with E-state index < -0.39 is 44.6 Å². The molecule has 36 heavy (non-hydrogen) atoms. The molecular formula is C25H29N3O7S. The summed E-state index contributed by atoms with van der Waals surface area (Å²) >= 11 is 0. The van der Waals surface area contributed by atoms with Gasteiger partial charge in [-0.25, -0.2) is 8.42 Å². The number of amides is 1. The number of nitrogens with one attached hydrogen (secondary N) is 1. The predicted octanol–water partition coefficient (Wildman–Crippen LogP) is 1.52. The van der Waals surface area contributed by atoms with Gasteiger partial charge in [0.1, 0.15) is 0 Å². The molecule has 1 N–H and O–H groups in total. The lowest BCUT2D eigenvalue weighted by molar-refractivity contribution is -0.143. The van der Waals surface area contributed by atoms with Gasteiger partial charge in [0.25, 0.3) is 0 Å². The van der Waals surface area contributed by atoms with Crippen molar-refractivity contribution in [2.24, 2.45) is 14.1 Å². The van der Waals surface area contributed by atoms with Crippen molar-refractivity contribution in [3.63, 3.8) is 0 Å². The zero-order valence-electron chi connectivity index (χ0n) is 20.6. The highest BCUT2D eigenvalue weighted by Gasteiger charge is 2.22. The molecule has 1 amide bonds. The first kappa shape index (κ1) is 26.9. The zero-order valence-corrected chi connectivity index (χ0v) is 21.4. The van der Waals surface area contributed by atoms with Crippen LogP contribution in [0.2, 0.25) is 0 Å². The number of aryl methyl sites for hydroxylation is 3. The van der Waals surface area contributed by atoms with E-state index in [1.54, 1.807) is 19.1 Å². The molecule has 0 aliphatic carbocycles. The van der Waals surface area contributed by atoms with E-state index in [-0.39, 0.29) is 29.9 Å². The summed E-state index contributed by atoms with van der Waals surface area (Å²) in [7, 11) is -1.06. The van der Waals surface area contributed by atoms with Gasteiger partial charge >= 0.3 is 17.1 Å². The summed E-state index contributed by atoms with van der Waals surface area (Å²) in [5.41, 5.74) is 0.899. The van der Waals surface area contributed by atoms with Gasteiger partial charge in [0.15, 0.2) is 9.84 Å². The van der Waals surface area contributed by atoms with Gasteiger partial charge in [0, 0.05) is 20.5 Å². The molecule has 3 aromatic rings. The van der Waals surface area contributed by atoms with Gasteiger partial charge in [0.05, 0.1) is 40.8 Å². The number of hydrogen-bond acceptors (Lipinski definition) is 7. The van der Waals surface area contributed by atoms with Gasteiger partial charge in [-0.1, -0.05) is 29.8 Å². The number of ether oxygens (including phenoxy) is 1. The molecule has 0 aliphatic heterocycles. The van der Waals surface area contributed by atoms with Crippen LogP contribution >= 0.6 is 0 Å². The van der Waals surface area contributed by atoms with Crippen LogP contribution < -0.4 is 16.4 Å². The lowest BCUT2D eigenvalue weighted by Crippen LogP contribution is -2.39. The standard InChI is InChI=1S/C25H29N3O7S/c1-5-35-23(30)15-19(17-8-6-16(2)7-9-17)26-22(29)12-13-36(33,34)18-10-11-20-21(14-18)28(4)25(32)24(31)27(20)3/h6-11,14,19H,5,12-13,15H2,1-4H3,(H,26,29)/t19-/m0/s1. The van der Waals surface area contributed by atoms with Crippen LogP contribution in [0.15, 0.2) is 56.9 Å². The molecule has 0 radical (unpaired) electrons. The molecule has 10 nitrogen and oxygen atoms in total. The normalized spacial score (nSPS) is 12.3. The first-order chi connectivity index (χ1) is 16.9. The summed E-state index contributed by atoms with van der Waals surface area (Å²) in [4.78, 5) is 48.8. The van der Waals surface area contributed by atoms with Crippen molar-refractivity contribution in [2.75, 3.05) is 12.4 Å². The third kappa shape index (κ3) is 5.91. The number of aromatic nitrogens is 2. The molecule has 0 spiro atoms. The highest BCUT2D eigenvalue weighted by molar-refractivity contribution is 7.91. The second kappa shape index (κ2) is 10.9. The molecule has 0 saturated heterocycles. The van der Waals surface area contributed by atoms with Crippen LogP contribution in [0.3, 0.4) is 0 Å². The number of fused-ring (bicyclic) bond motifs is 1. The molecule has 1 heterocycles. The maximum absolute atomic E-state index is 13.0. The smallest absolute Gasteiger partial charge is 0.316 e. The monoisotopic (exact) mass is 515 g/mol. The van der Waals surface area contributed by atoms with Crippen molar-refractivity contribution in [1.82, 2.24) is 14.5 Å². The van der Waals surface area contributed by atoms with Crippen LogP contribution in [0.25, 0.3) is 11.0 Å². The van der Waals surface area contributed by atoms with E-state index in [0.29, 0.717) is 11.1 Å². The third-order valence-electron chi connectivity index (χ3n) is 5.91. The Morgan fingerprint density at radius 3 is 2.19 bits per heavy atom. The SMILES string of the molecule is CCOC(=O)C[C@H](NC(=O)CCS(=O)(=O)c1ccc2c(c1)n(C)c(=O)c(=O)n2C)c1ccc(C)cc1. The van der Waals surface area contributed by atoms with Crippen molar-refractivity contribution in [2.45, 2.75) is 37.6 Å². The number of benzene rings is 2. The zero-order chi connectivity index (χ0) is 26.6. The summed E-state index contributed by atoms with van der Waals surface area (Å²) in [6.45, 7) is 3.81. The minimum atomic E-state index is -3.89. The molecule has 0 unspecified atom stereocenters. The third-order valence-corrected chi connectivity index (χ3v) is 7.62. The van der Waals surface area contributed by atoms with Crippen molar-refractivity contribution >= 4 is 32.7 Å². The largest absolute Gasteiger partial charge is 0.466 e. The Hall–Kier alpha value is -3.73. The predicted molar refractivity (Wildman–Crippen MR) is 134 cm³/mol. The van der Waals surface area contributed by atoms with Gasteiger partial charge in [-0.2, -0.15) is 0 Å². The molecule has 1 atom stereocenters. The summed E-state index contributed by atoms with van der Waals surface area (Å²) in [6.07, 6.45) is -0.426. The van der Waals surface area contributed by atoms with Crippen molar-refractivity contribution < 1.29 is 22.7 Å². The van der Waals surface area contributed by atoms with Gasteiger partial charge in [-0.05, 0) is 37.6 Å². The summed E-state index contributed by atoms with van der Waals surface area (Å²) in [6, 6.07) is 10.7. The average molecular weight is 516 g/mol. The number of hydrogen-bond donors (Lipinski definition) is 1. The molecule has 0 fully saturated rings. The number of carbonyl (C=O) groups excluding carboxylic acids is 2. The van der Waals surface area contributed by atoms with E-state index in [2.05, 4.69) is 5.32 Å². The topological polar surface area (TPSA) is 134 Å². The molecule has 11 heteroatoms. The van der Waals surface area contributed by atoms with Crippen LogP contribution in [0.4, 0.5) is 0 Å². The van der Waals surface area contributed by atoms with E-state index in [1.165, 1.54) is 32.3 Å². The lowest BCUT2D eigenvalue weighted by atomic mass is 10.0. The van der Waals surface area contributed by atoms with E-state index in [9.17, 15) is 27.6 Å². The molecular weight excluding hydrogens is 486 g/mol. The Morgan fingerprint density at radius 1 is 0.972 bits per heavy atom. The number of nitrogens with zero attached hydrogens (tertiary/aromatic N) is 2. The van der Waals surface area contributed by atoms with Crippen LogP contribution in [0.1, 0.15) is 36.9 Å². The minimum Gasteiger partial charge on any atom is -0.466 e. The highest BCUT2D eigenvalue weighted by Crippen LogP contribution is 2.21. The van der Waals surface area contributed by atoms with Crippen molar-refractivity contribution in [1.29, 1.82) is 0 Å². The van der Waals surface area contributed by atoms with Gasteiger partial charge < -0.3 is 19.2 Å². The van der Waals surface area contributed by atoms with Gasteiger partial charge in [-0.3, -0.25) is 19.2 Å². The number of esters is 1. The van der Waals surface area contributed by atoms with E-state index in [0.717, 1.165) is 14.7 Å². The van der Waals surface area contributed by atoms with E-state index in [4.69, 9.17) is 4.74 Å².